The number of carbonyl (C=O) groups is 2. The SMILES string of the molecule is CNC(=O)CNC(=O)CC1CC2CCC(C1)N2. The third-order valence-electron chi connectivity index (χ3n) is 3.77. The molecule has 3 N–H and O–H groups in total. The molecule has 2 bridgehead atoms. The van der Waals surface area contributed by atoms with Gasteiger partial charge in [0.05, 0.1) is 6.54 Å². The number of amides is 2. The van der Waals surface area contributed by atoms with Gasteiger partial charge in [0.25, 0.3) is 0 Å². The maximum Gasteiger partial charge on any atom is 0.239 e. The van der Waals surface area contributed by atoms with E-state index in [1.54, 1.807) is 7.05 Å². The van der Waals surface area contributed by atoms with Crippen molar-refractivity contribution >= 4 is 11.8 Å². The van der Waals surface area contributed by atoms with Crippen molar-refractivity contribution in [3.05, 3.63) is 0 Å². The summed E-state index contributed by atoms with van der Waals surface area (Å²) in [5.74, 6) is 0.335. The van der Waals surface area contributed by atoms with Crippen molar-refractivity contribution < 1.29 is 9.59 Å². The van der Waals surface area contributed by atoms with E-state index >= 15 is 0 Å². The van der Waals surface area contributed by atoms with Crippen molar-refractivity contribution in [3.8, 4) is 0 Å². The molecule has 0 aliphatic carbocycles. The van der Waals surface area contributed by atoms with Gasteiger partial charge in [-0.15, -0.1) is 0 Å². The van der Waals surface area contributed by atoms with Crippen LogP contribution < -0.4 is 16.0 Å². The zero-order valence-corrected chi connectivity index (χ0v) is 10.3. The van der Waals surface area contributed by atoms with E-state index in [4.69, 9.17) is 0 Å². The highest BCUT2D eigenvalue weighted by Gasteiger charge is 2.34. The summed E-state index contributed by atoms with van der Waals surface area (Å²) >= 11 is 0. The summed E-state index contributed by atoms with van der Waals surface area (Å²) in [5.41, 5.74) is 0. The Balaban J connectivity index is 1.70. The van der Waals surface area contributed by atoms with Gasteiger partial charge in [-0.1, -0.05) is 0 Å². The molecule has 0 spiro atoms. The smallest absolute Gasteiger partial charge is 0.239 e. The number of hydrogen-bond acceptors (Lipinski definition) is 3. The first-order valence-electron chi connectivity index (χ1n) is 6.40. The lowest BCUT2D eigenvalue weighted by Crippen LogP contribution is -2.41. The van der Waals surface area contributed by atoms with Crippen molar-refractivity contribution in [3.63, 3.8) is 0 Å². The predicted molar refractivity (Wildman–Crippen MR) is 64.4 cm³/mol. The number of carbonyl (C=O) groups excluding carboxylic acids is 2. The molecule has 0 radical (unpaired) electrons. The topological polar surface area (TPSA) is 70.2 Å². The molecule has 5 nitrogen and oxygen atoms in total. The Bertz CT molecular complexity index is 294. The zero-order valence-electron chi connectivity index (χ0n) is 10.3. The summed E-state index contributed by atoms with van der Waals surface area (Å²) in [6, 6.07) is 1.23. The molecule has 5 heteroatoms. The monoisotopic (exact) mass is 239 g/mol. The molecular formula is C12H21N3O2. The summed E-state index contributed by atoms with van der Waals surface area (Å²) in [7, 11) is 1.57. The Labute approximate surface area is 102 Å². The van der Waals surface area contributed by atoms with Gasteiger partial charge in [0, 0.05) is 25.6 Å². The number of likely N-dealkylation sites (N-methyl/N-ethyl adjacent to an activating group) is 1. The fraction of sp³-hybridized carbons (Fsp3) is 0.833. The van der Waals surface area contributed by atoms with Gasteiger partial charge in [0.15, 0.2) is 0 Å². The van der Waals surface area contributed by atoms with Gasteiger partial charge < -0.3 is 16.0 Å². The fourth-order valence-electron chi connectivity index (χ4n) is 2.94. The van der Waals surface area contributed by atoms with Crippen LogP contribution in [0.5, 0.6) is 0 Å². The molecule has 2 rings (SSSR count). The Kier molecular flexibility index (Phi) is 3.99. The van der Waals surface area contributed by atoms with Crippen LogP contribution in [0.4, 0.5) is 0 Å². The van der Waals surface area contributed by atoms with E-state index < -0.39 is 0 Å². The number of hydrogen-bond donors (Lipinski definition) is 3. The maximum atomic E-state index is 11.7. The largest absolute Gasteiger partial charge is 0.358 e. The molecule has 0 aromatic heterocycles. The van der Waals surface area contributed by atoms with Gasteiger partial charge in [-0.2, -0.15) is 0 Å². The van der Waals surface area contributed by atoms with E-state index in [0.29, 0.717) is 24.4 Å². The fourth-order valence-corrected chi connectivity index (χ4v) is 2.94. The van der Waals surface area contributed by atoms with Crippen LogP contribution in [0.25, 0.3) is 0 Å². The minimum Gasteiger partial charge on any atom is -0.358 e. The van der Waals surface area contributed by atoms with Crippen molar-refractivity contribution in [2.24, 2.45) is 5.92 Å². The quantitative estimate of drug-likeness (QED) is 0.634. The first-order chi connectivity index (χ1) is 8.17. The van der Waals surface area contributed by atoms with Crippen LogP contribution in [0.15, 0.2) is 0 Å². The highest BCUT2D eigenvalue weighted by atomic mass is 16.2. The van der Waals surface area contributed by atoms with Crippen molar-refractivity contribution in [2.45, 2.75) is 44.2 Å². The second kappa shape index (κ2) is 5.49. The highest BCUT2D eigenvalue weighted by molar-refractivity contribution is 5.84. The molecule has 2 aliphatic heterocycles. The zero-order chi connectivity index (χ0) is 12.3. The predicted octanol–water partition coefficient (Wildman–Crippen LogP) is -0.231. The van der Waals surface area contributed by atoms with E-state index in [0.717, 1.165) is 12.8 Å². The van der Waals surface area contributed by atoms with Crippen LogP contribution in [0.3, 0.4) is 0 Å². The lowest BCUT2D eigenvalue weighted by molar-refractivity contribution is -0.126. The Morgan fingerprint density at radius 2 is 1.82 bits per heavy atom. The number of piperidine rings is 1. The van der Waals surface area contributed by atoms with Gasteiger partial charge >= 0.3 is 0 Å². The number of fused-ring (bicyclic) bond motifs is 2. The summed E-state index contributed by atoms with van der Waals surface area (Å²) in [6.45, 7) is 0.0904. The summed E-state index contributed by atoms with van der Waals surface area (Å²) < 4.78 is 0. The molecule has 2 heterocycles. The molecule has 0 saturated carbocycles. The third kappa shape index (κ3) is 3.43. The van der Waals surface area contributed by atoms with Crippen molar-refractivity contribution in [1.29, 1.82) is 0 Å². The second-order valence-corrected chi connectivity index (χ2v) is 5.13. The van der Waals surface area contributed by atoms with Gasteiger partial charge in [0.2, 0.25) is 11.8 Å². The molecule has 96 valence electrons. The molecule has 2 atom stereocenters. The van der Waals surface area contributed by atoms with Crippen LogP contribution in [0.1, 0.15) is 32.1 Å². The number of nitrogens with one attached hydrogen (secondary N) is 3. The maximum absolute atomic E-state index is 11.7. The number of rotatable bonds is 4. The lowest BCUT2D eigenvalue weighted by Gasteiger charge is -2.28. The minimum absolute atomic E-state index is 0.0000926. The lowest BCUT2D eigenvalue weighted by atomic mass is 9.89. The molecule has 0 aromatic rings. The normalized spacial score (nSPS) is 31.0. The van der Waals surface area contributed by atoms with Gasteiger partial charge in [-0.05, 0) is 31.6 Å². The van der Waals surface area contributed by atoms with E-state index in [9.17, 15) is 9.59 Å². The summed E-state index contributed by atoms with van der Waals surface area (Å²) in [6.07, 6.45) is 5.27. The van der Waals surface area contributed by atoms with Crippen molar-refractivity contribution in [2.75, 3.05) is 13.6 Å². The van der Waals surface area contributed by atoms with Crippen molar-refractivity contribution in [1.82, 2.24) is 16.0 Å². The minimum atomic E-state index is -0.149. The van der Waals surface area contributed by atoms with E-state index in [1.807, 2.05) is 0 Å². The van der Waals surface area contributed by atoms with Crippen LogP contribution >= 0.6 is 0 Å². The van der Waals surface area contributed by atoms with Crippen LogP contribution in [-0.2, 0) is 9.59 Å². The standard InChI is InChI=1S/C12H21N3O2/c1-13-12(17)7-14-11(16)6-8-4-9-2-3-10(5-8)15-9/h8-10,15H,2-7H2,1H3,(H,13,17)(H,14,16). The molecular weight excluding hydrogens is 218 g/mol. The molecule has 2 fully saturated rings. The molecule has 2 amide bonds. The van der Waals surface area contributed by atoms with E-state index in [-0.39, 0.29) is 18.4 Å². The molecule has 0 aromatic carbocycles. The van der Waals surface area contributed by atoms with E-state index in [1.165, 1.54) is 12.8 Å². The second-order valence-electron chi connectivity index (χ2n) is 5.13. The molecule has 2 saturated heterocycles. The summed E-state index contributed by atoms with van der Waals surface area (Å²) in [5, 5.41) is 8.70. The van der Waals surface area contributed by atoms with Crippen LogP contribution in [0.2, 0.25) is 0 Å². The Morgan fingerprint density at radius 3 is 2.41 bits per heavy atom. The summed E-state index contributed by atoms with van der Waals surface area (Å²) in [4.78, 5) is 22.6. The van der Waals surface area contributed by atoms with Gasteiger partial charge in [-0.25, -0.2) is 0 Å². The Hall–Kier alpha value is -1.10. The van der Waals surface area contributed by atoms with E-state index in [2.05, 4.69) is 16.0 Å². The average molecular weight is 239 g/mol. The Morgan fingerprint density at radius 1 is 1.18 bits per heavy atom. The first kappa shape index (κ1) is 12.4. The van der Waals surface area contributed by atoms with Crippen LogP contribution in [-0.4, -0.2) is 37.5 Å². The van der Waals surface area contributed by atoms with Gasteiger partial charge in [0.1, 0.15) is 0 Å². The molecule has 17 heavy (non-hydrogen) atoms. The molecule has 2 aliphatic rings. The average Bonchev–Trinajstić information content (AvgIpc) is 2.65. The molecule has 2 unspecified atom stereocenters. The first-order valence-corrected chi connectivity index (χ1v) is 6.40. The third-order valence-corrected chi connectivity index (χ3v) is 3.77. The van der Waals surface area contributed by atoms with Crippen LogP contribution in [0, 0.1) is 5.92 Å². The highest BCUT2D eigenvalue weighted by Crippen LogP contribution is 2.32. The van der Waals surface area contributed by atoms with Gasteiger partial charge in [-0.3, -0.25) is 9.59 Å².